The summed E-state index contributed by atoms with van der Waals surface area (Å²) in [5.74, 6) is 0.585. The standard InChI is InChI=1S/C18H23ClN4O/c1-14-2-3-16(19)10-17(14)23-8-4-15(12-23)11-21-18(24)5-7-22-9-6-20-13-22/h2-3,6,9-10,13,15H,4-5,7-8,11-12H2,1H3,(H,21,24). The Bertz CT molecular complexity index is 686. The quantitative estimate of drug-likeness (QED) is 0.875. The van der Waals surface area contributed by atoms with Crippen LogP contribution >= 0.6 is 11.6 Å². The molecule has 1 aromatic carbocycles. The van der Waals surface area contributed by atoms with Gasteiger partial charge in [0.15, 0.2) is 0 Å². The van der Waals surface area contributed by atoms with E-state index in [1.165, 1.54) is 11.3 Å². The van der Waals surface area contributed by atoms with Crippen molar-refractivity contribution in [1.82, 2.24) is 14.9 Å². The lowest BCUT2D eigenvalue weighted by Gasteiger charge is -2.21. The van der Waals surface area contributed by atoms with Crippen molar-refractivity contribution in [3.63, 3.8) is 0 Å². The Morgan fingerprint density at radius 3 is 3.12 bits per heavy atom. The van der Waals surface area contributed by atoms with Crippen molar-refractivity contribution in [1.29, 1.82) is 0 Å². The first kappa shape index (κ1) is 16.8. The number of carbonyl (C=O) groups excluding carboxylic acids is 1. The van der Waals surface area contributed by atoms with E-state index in [0.717, 1.165) is 31.1 Å². The molecule has 2 heterocycles. The number of hydrogen-bond acceptors (Lipinski definition) is 3. The molecule has 1 saturated heterocycles. The topological polar surface area (TPSA) is 50.2 Å². The number of anilines is 1. The van der Waals surface area contributed by atoms with Crippen LogP contribution in [0.25, 0.3) is 0 Å². The maximum Gasteiger partial charge on any atom is 0.221 e. The number of amides is 1. The molecule has 5 nitrogen and oxygen atoms in total. The van der Waals surface area contributed by atoms with E-state index in [-0.39, 0.29) is 5.91 Å². The number of carbonyl (C=O) groups is 1. The highest BCUT2D eigenvalue weighted by molar-refractivity contribution is 6.30. The lowest BCUT2D eigenvalue weighted by Crippen LogP contribution is -2.31. The number of halogens is 1. The van der Waals surface area contributed by atoms with Crippen molar-refractivity contribution in [3.05, 3.63) is 47.5 Å². The molecule has 128 valence electrons. The van der Waals surface area contributed by atoms with Crippen LogP contribution in [0.2, 0.25) is 5.02 Å². The van der Waals surface area contributed by atoms with Crippen LogP contribution in [0.5, 0.6) is 0 Å². The highest BCUT2D eigenvalue weighted by atomic mass is 35.5. The van der Waals surface area contributed by atoms with E-state index in [0.29, 0.717) is 18.9 Å². The predicted octanol–water partition coefficient (Wildman–Crippen LogP) is 2.88. The SMILES string of the molecule is Cc1ccc(Cl)cc1N1CCC(CNC(=O)CCn2ccnc2)C1. The molecule has 2 aromatic rings. The van der Waals surface area contributed by atoms with Crippen molar-refractivity contribution in [2.45, 2.75) is 26.3 Å². The van der Waals surface area contributed by atoms with E-state index >= 15 is 0 Å². The lowest BCUT2D eigenvalue weighted by molar-refractivity contribution is -0.121. The van der Waals surface area contributed by atoms with E-state index in [1.807, 2.05) is 22.9 Å². The lowest BCUT2D eigenvalue weighted by atomic mass is 10.1. The molecular formula is C18H23ClN4O. The van der Waals surface area contributed by atoms with Gasteiger partial charge in [-0.25, -0.2) is 4.98 Å². The maximum absolute atomic E-state index is 12.0. The molecule has 0 aliphatic carbocycles. The largest absolute Gasteiger partial charge is 0.371 e. The Morgan fingerprint density at radius 2 is 2.33 bits per heavy atom. The van der Waals surface area contributed by atoms with Crippen molar-refractivity contribution in [2.24, 2.45) is 5.92 Å². The zero-order valence-electron chi connectivity index (χ0n) is 13.9. The van der Waals surface area contributed by atoms with Gasteiger partial charge in [-0.05, 0) is 37.0 Å². The number of aryl methyl sites for hydroxylation is 2. The summed E-state index contributed by atoms with van der Waals surface area (Å²) >= 11 is 6.12. The Labute approximate surface area is 147 Å². The molecule has 1 aliphatic rings. The molecule has 1 aromatic heterocycles. The third-order valence-corrected chi connectivity index (χ3v) is 4.78. The first-order valence-corrected chi connectivity index (χ1v) is 8.73. The normalized spacial score (nSPS) is 17.2. The molecule has 0 bridgehead atoms. The monoisotopic (exact) mass is 346 g/mol. The summed E-state index contributed by atoms with van der Waals surface area (Å²) in [6.45, 7) is 5.49. The zero-order chi connectivity index (χ0) is 16.9. The van der Waals surface area contributed by atoms with Crippen LogP contribution in [0.3, 0.4) is 0 Å². The van der Waals surface area contributed by atoms with Gasteiger partial charge in [0, 0.05) is 55.7 Å². The van der Waals surface area contributed by atoms with Crippen LogP contribution in [0, 0.1) is 12.8 Å². The number of nitrogens with zero attached hydrogens (tertiary/aromatic N) is 3. The number of aromatic nitrogens is 2. The van der Waals surface area contributed by atoms with Gasteiger partial charge in [0.1, 0.15) is 0 Å². The van der Waals surface area contributed by atoms with Gasteiger partial charge >= 0.3 is 0 Å². The molecule has 1 aliphatic heterocycles. The van der Waals surface area contributed by atoms with Crippen molar-refractivity contribution >= 4 is 23.2 Å². The number of imidazole rings is 1. The Kier molecular flexibility index (Phi) is 5.41. The Balaban J connectivity index is 1.44. The second-order valence-electron chi connectivity index (χ2n) is 6.39. The van der Waals surface area contributed by atoms with Gasteiger partial charge in [0.2, 0.25) is 5.91 Å². The third-order valence-electron chi connectivity index (χ3n) is 4.54. The molecule has 0 saturated carbocycles. The van der Waals surface area contributed by atoms with Crippen LogP contribution < -0.4 is 10.2 Å². The van der Waals surface area contributed by atoms with Gasteiger partial charge in [-0.2, -0.15) is 0 Å². The highest BCUT2D eigenvalue weighted by Gasteiger charge is 2.24. The summed E-state index contributed by atoms with van der Waals surface area (Å²) in [7, 11) is 0. The third kappa shape index (κ3) is 4.29. The van der Waals surface area contributed by atoms with Gasteiger partial charge < -0.3 is 14.8 Å². The highest BCUT2D eigenvalue weighted by Crippen LogP contribution is 2.29. The van der Waals surface area contributed by atoms with Crippen LogP contribution in [-0.4, -0.2) is 35.1 Å². The molecular weight excluding hydrogens is 324 g/mol. The smallest absolute Gasteiger partial charge is 0.221 e. The molecule has 0 spiro atoms. The van der Waals surface area contributed by atoms with Gasteiger partial charge in [0.05, 0.1) is 6.33 Å². The fourth-order valence-electron chi connectivity index (χ4n) is 3.14. The summed E-state index contributed by atoms with van der Waals surface area (Å²) in [5.41, 5.74) is 2.45. The summed E-state index contributed by atoms with van der Waals surface area (Å²) in [6, 6.07) is 6.01. The minimum atomic E-state index is 0.0982. The van der Waals surface area contributed by atoms with Gasteiger partial charge in [-0.3, -0.25) is 4.79 Å². The minimum Gasteiger partial charge on any atom is -0.371 e. The summed E-state index contributed by atoms with van der Waals surface area (Å²) in [4.78, 5) is 18.3. The summed E-state index contributed by atoms with van der Waals surface area (Å²) < 4.78 is 1.92. The molecule has 6 heteroatoms. The Morgan fingerprint density at radius 1 is 1.46 bits per heavy atom. The average molecular weight is 347 g/mol. The molecule has 1 fully saturated rings. The minimum absolute atomic E-state index is 0.0982. The average Bonchev–Trinajstić information content (AvgIpc) is 3.24. The van der Waals surface area contributed by atoms with E-state index in [2.05, 4.69) is 28.2 Å². The van der Waals surface area contributed by atoms with Gasteiger partial charge in [0.25, 0.3) is 0 Å². The Hall–Kier alpha value is -2.01. The molecule has 1 amide bonds. The first-order valence-electron chi connectivity index (χ1n) is 8.35. The van der Waals surface area contributed by atoms with Crippen LogP contribution in [0.15, 0.2) is 36.9 Å². The van der Waals surface area contributed by atoms with E-state index in [1.54, 1.807) is 12.5 Å². The molecule has 1 unspecified atom stereocenters. The number of benzene rings is 1. The van der Waals surface area contributed by atoms with E-state index in [9.17, 15) is 4.79 Å². The summed E-state index contributed by atoms with van der Waals surface area (Å²) in [5, 5.41) is 3.83. The number of hydrogen-bond donors (Lipinski definition) is 1. The van der Waals surface area contributed by atoms with Crippen molar-refractivity contribution < 1.29 is 4.79 Å². The molecule has 1 N–H and O–H groups in total. The second-order valence-corrected chi connectivity index (χ2v) is 6.82. The maximum atomic E-state index is 12.0. The van der Waals surface area contributed by atoms with Crippen LogP contribution in [0.1, 0.15) is 18.4 Å². The van der Waals surface area contributed by atoms with Gasteiger partial charge in [-0.15, -0.1) is 0 Å². The zero-order valence-corrected chi connectivity index (χ0v) is 14.7. The second kappa shape index (κ2) is 7.71. The van der Waals surface area contributed by atoms with E-state index < -0.39 is 0 Å². The fourth-order valence-corrected chi connectivity index (χ4v) is 3.30. The van der Waals surface area contributed by atoms with E-state index in [4.69, 9.17) is 11.6 Å². The molecule has 1 atom stereocenters. The van der Waals surface area contributed by atoms with Crippen molar-refractivity contribution in [2.75, 3.05) is 24.5 Å². The number of rotatable bonds is 6. The molecule has 24 heavy (non-hydrogen) atoms. The predicted molar refractivity (Wildman–Crippen MR) is 96.4 cm³/mol. The fraction of sp³-hybridized carbons (Fsp3) is 0.444. The van der Waals surface area contributed by atoms with Gasteiger partial charge in [-0.1, -0.05) is 17.7 Å². The number of nitrogens with one attached hydrogen (secondary N) is 1. The first-order chi connectivity index (χ1) is 11.6. The van der Waals surface area contributed by atoms with Crippen LogP contribution in [0.4, 0.5) is 5.69 Å². The van der Waals surface area contributed by atoms with Crippen molar-refractivity contribution in [3.8, 4) is 0 Å². The van der Waals surface area contributed by atoms with Crippen LogP contribution in [-0.2, 0) is 11.3 Å². The molecule has 3 rings (SSSR count). The summed E-state index contributed by atoms with van der Waals surface area (Å²) in [6.07, 6.45) is 6.90. The molecule has 0 radical (unpaired) electrons.